The number of benzene rings is 2. The van der Waals surface area contributed by atoms with E-state index in [2.05, 4.69) is 15.1 Å². The Labute approximate surface area is 155 Å². The highest BCUT2D eigenvalue weighted by molar-refractivity contribution is 7.92. The van der Waals surface area contributed by atoms with Crippen LogP contribution in [0.15, 0.2) is 71.9 Å². The van der Waals surface area contributed by atoms with E-state index in [9.17, 15) is 17.6 Å². The Morgan fingerprint density at radius 3 is 2.56 bits per heavy atom. The van der Waals surface area contributed by atoms with E-state index in [4.69, 9.17) is 0 Å². The monoisotopic (exact) mass is 388 g/mol. The van der Waals surface area contributed by atoms with Crippen molar-refractivity contribution < 1.29 is 17.6 Å². The van der Waals surface area contributed by atoms with Gasteiger partial charge in [0.1, 0.15) is 16.8 Å². The molecule has 9 heteroatoms. The second-order valence-corrected chi connectivity index (χ2v) is 7.42. The van der Waals surface area contributed by atoms with Crippen LogP contribution in [0.2, 0.25) is 0 Å². The summed E-state index contributed by atoms with van der Waals surface area (Å²) in [5, 5.41) is 6.71. The smallest absolute Gasteiger partial charge is 0.264 e. The molecule has 1 unspecified atom stereocenters. The quantitative estimate of drug-likeness (QED) is 0.679. The first-order valence-electron chi connectivity index (χ1n) is 8.04. The third kappa shape index (κ3) is 4.32. The first-order valence-corrected chi connectivity index (χ1v) is 9.52. The van der Waals surface area contributed by atoms with Gasteiger partial charge in [-0.2, -0.15) is 5.10 Å². The molecule has 1 heterocycles. The molecule has 0 saturated carbocycles. The lowest BCUT2D eigenvalue weighted by Gasteiger charge is -2.14. The second-order valence-electron chi connectivity index (χ2n) is 5.77. The summed E-state index contributed by atoms with van der Waals surface area (Å²) < 4.78 is 42.3. The van der Waals surface area contributed by atoms with Crippen molar-refractivity contribution in [2.75, 3.05) is 10.0 Å². The van der Waals surface area contributed by atoms with Crippen LogP contribution in [-0.2, 0) is 14.8 Å². The van der Waals surface area contributed by atoms with Crippen molar-refractivity contribution >= 4 is 27.3 Å². The lowest BCUT2D eigenvalue weighted by Crippen LogP contribution is -2.24. The van der Waals surface area contributed by atoms with Crippen molar-refractivity contribution in [2.45, 2.75) is 17.9 Å². The summed E-state index contributed by atoms with van der Waals surface area (Å²) >= 11 is 0. The van der Waals surface area contributed by atoms with E-state index in [0.717, 1.165) is 6.07 Å². The summed E-state index contributed by atoms with van der Waals surface area (Å²) in [7, 11) is -4.09. The first kappa shape index (κ1) is 18.6. The van der Waals surface area contributed by atoms with Crippen LogP contribution < -0.4 is 10.0 Å². The maximum atomic E-state index is 13.8. The van der Waals surface area contributed by atoms with Crippen LogP contribution in [0.25, 0.3) is 0 Å². The number of halogens is 1. The Bertz CT molecular complexity index is 1050. The predicted octanol–water partition coefficient (Wildman–Crippen LogP) is 3.02. The molecule has 0 aliphatic carbocycles. The topological polar surface area (TPSA) is 93.1 Å². The molecule has 0 bridgehead atoms. The molecule has 3 aromatic rings. The summed E-state index contributed by atoms with van der Waals surface area (Å²) in [6.45, 7) is 1.69. The van der Waals surface area contributed by atoms with E-state index in [-0.39, 0.29) is 11.6 Å². The van der Waals surface area contributed by atoms with Crippen molar-refractivity contribution in [3.05, 3.63) is 72.8 Å². The summed E-state index contributed by atoms with van der Waals surface area (Å²) in [6, 6.07) is 12.4. The molecule has 2 N–H and O–H groups in total. The van der Waals surface area contributed by atoms with Crippen LogP contribution in [-0.4, -0.2) is 24.1 Å². The van der Waals surface area contributed by atoms with Gasteiger partial charge in [0.15, 0.2) is 0 Å². The van der Waals surface area contributed by atoms with Gasteiger partial charge in [0, 0.05) is 18.1 Å². The number of anilines is 2. The fourth-order valence-corrected chi connectivity index (χ4v) is 3.54. The molecule has 0 saturated heterocycles. The van der Waals surface area contributed by atoms with Gasteiger partial charge in [0.25, 0.3) is 10.0 Å². The fraction of sp³-hybridized carbons (Fsp3) is 0.111. The van der Waals surface area contributed by atoms with Gasteiger partial charge in [-0.05, 0) is 43.3 Å². The fourth-order valence-electron chi connectivity index (χ4n) is 2.41. The lowest BCUT2D eigenvalue weighted by atomic mass is 10.2. The Kier molecular flexibility index (Phi) is 5.22. The SMILES string of the molecule is CC(C(=O)Nc1cccc(NS(=O)(=O)c2ccccc2F)c1)n1cccn1. The second kappa shape index (κ2) is 7.58. The summed E-state index contributed by atoms with van der Waals surface area (Å²) in [4.78, 5) is 11.9. The van der Waals surface area contributed by atoms with E-state index in [1.165, 1.54) is 35.0 Å². The molecular formula is C18H17FN4O3S. The normalized spacial score (nSPS) is 12.4. The summed E-state index contributed by atoms with van der Waals surface area (Å²) in [5.41, 5.74) is 0.593. The highest BCUT2D eigenvalue weighted by atomic mass is 32.2. The lowest BCUT2D eigenvalue weighted by molar-refractivity contribution is -0.119. The average molecular weight is 388 g/mol. The van der Waals surface area contributed by atoms with Gasteiger partial charge >= 0.3 is 0 Å². The highest BCUT2D eigenvalue weighted by Gasteiger charge is 2.19. The number of hydrogen-bond acceptors (Lipinski definition) is 4. The minimum absolute atomic E-state index is 0.197. The summed E-state index contributed by atoms with van der Waals surface area (Å²) in [5.74, 6) is -1.16. The van der Waals surface area contributed by atoms with E-state index in [1.807, 2.05) is 0 Å². The molecule has 0 fully saturated rings. The molecule has 2 aromatic carbocycles. The minimum Gasteiger partial charge on any atom is -0.324 e. The highest BCUT2D eigenvalue weighted by Crippen LogP contribution is 2.21. The Balaban J connectivity index is 1.76. The number of carbonyl (C=O) groups excluding carboxylic acids is 1. The number of sulfonamides is 1. The van der Waals surface area contributed by atoms with E-state index in [0.29, 0.717) is 5.69 Å². The average Bonchev–Trinajstić information content (AvgIpc) is 3.15. The van der Waals surface area contributed by atoms with Crippen LogP contribution in [0.4, 0.5) is 15.8 Å². The standard InChI is InChI=1S/C18H17FN4O3S/c1-13(23-11-5-10-20-23)18(24)21-14-6-4-7-15(12-14)22-27(25,26)17-9-3-2-8-16(17)19/h2-13,22H,1H3,(H,21,24). The zero-order chi connectivity index (χ0) is 19.4. The number of nitrogens with zero attached hydrogens (tertiary/aromatic N) is 2. The number of hydrogen-bond donors (Lipinski definition) is 2. The number of aromatic nitrogens is 2. The molecule has 1 aromatic heterocycles. The maximum absolute atomic E-state index is 13.8. The molecule has 1 atom stereocenters. The molecule has 0 aliphatic heterocycles. The van der Waals surface area contributed by atoms with Gasteiger partial charge in [0.2, 0.25) is 5.91 Å². The number of carbonyl (C=O) groups is 1. The summed E-state index contributed by atoms with van der Waals surface area (Å²) in [6.07, 6.45) is 3.24. The van der Waals surface area contributed by atoms with Gasteiger partial charge in [-0.15, -0.1) is 0 Å². The van der Waals surface area contributed by atoms with Crippen molar-refractivity contribution in [2.24, 2.45) is 0 Å². The number of nitrogens with one attached hydrogen (secondary N) is 2. The Morgan fingerprint density at radius 1 is 1.11 bits per heavy atom. The number of amides is 1. The molecule has 27 heavy (non-hydrogen) atoms. The Morgan fingerprint density at radius 2 is 1.85 bits per heavy atom. The van der Waals surface area contributed by atoms with Crippen molar-refractivity contribution in [1.29, 1.82) is 0 Å². The molecule has 0 radical (unpaired) electrons. The van der Waals surface area contributed by atoms with Crippen LogP contribution >= 0.6 is 0 Å². The maximum Gasteiger partial charge on any atom is 0.264 e. The number of rotatable bonds is 6. The Hall–Kier alpha value is -3.20. The van der Waals surface area contributed by atoms with Crippen LogP contribution in [0.5, 0.6) is 0 Å². The van der Waals surface area contributed by atoms with Gasteiger partial charge < -0.3 is 5.32 Å². The third-order valence-electron chi connectivity index (χ3n) is 3.81. The van der Waals surface area contributed by atoms with Crippen molar-refractivity contribution in [1.82, 2.24) is 9.78 Å². The predicted molar refractivity (Wildman–Crippen MR) is 99.2 cm³/mol. The van der Waals surface area contributed by atoms with E-state index in [1.54, 1.807) is 37.5 Å². The van der Waals surface area contributed by atoms with Crippen molar-refractivity contribution in [3.8, 4) is 0 Å². The molecule has 3 rings (SSSR count). The van der Waals surface area contributed by atoms with Crippen LogP contribution in [0.3, 0.4) is 0 Å². The van der Waals surface area contributed by atoms with Gasteiger partial charge in [-0.25, -0.2) is 12.8 Å². The van der Waals surface area contributed by atoms with Gasteiger partial charge in [0.05, 0.1) is 5.69 Å². The molecule has 7 nitrogen and oxygen atoms in total. The largest absolute Gasteiger partial charge is 0.324 e. The molecule has 140 valence electrons. The van der Waals surface area contributed by atoms with Gasteiger partial charge in [-0.1, -0.05) is 18.2 Å². The van der Waals surface area contributed by atoms with Crippen LogP contribution in [0, 0.1) is 5.82 Å². The molecular weight excluding hydrogens is 371 g/mol. The zero-order valence-electron chi connectivity index (χ0n) is 14.3. The minimum atomic E-state index is -4.09. The van der Waals surface area contributed by atoms with E-state index >= 15 is 0 Å². The van der Waals surface area contributed by atoms with Gasteiger partial charge in [-0.3, -0.25) is 14.2 Å². The third-order valence-corrected chi connectivity index (χ3v) is 5.22. The van der Waals surface area contributed by atoms with Crippen molar-refractivity contribution in [3.63, 3.8) is 0 Å². The molecule has 1 amide bonds. The molecule has 0 aliphatic rings. The first-order chi connectivity index (χ1) is 12.9. The van der Waals surface area contributed by atoms with E-state index < -0.39 is 26.8 Å². The molecule has 0 spiro atoms. The van der Waals surface area contributed by atoms with Crippen LogP contribution in [0.1, 0.15) is 13.0 Å². The zero-order valence-corrected chi connectivity index (χ0v) is 15.2.